The van der Waals surface area contributed by atoms with E-state index in [1.165, 1.54) is 6.92 Å². The Morgan fingerprint density at radius 1 is 0.913 bits per heavy atom. The number of aliphatic hydroxyl groups is 2. The number of rotatable bonds is 19. The van der Waals surface area contributed by atoms with Crippen molar-refractivity contribution in [3.8, 4) is 0 Å². The highest BCUT2D eigenvalue weighted by molar-refractivity contribution is 6.20. The van der Waals surface area contributed by atoms with Gasteiger partial charge in [-0.2, -0.15) is 9.98 Å². The van der Waals surface area contributed by atoms with Gasteiger partial charge in [0.1, 0.15) is 17.9 Å². The highest BCUT2D eigenvalue weighted by Gasteiger charge is 2.38. The molecule has 11 nitrogen and oxygen atoms in total. The zero-order chi connectivity index (χ0) is 33.7. The third kappa shape index (κ3) is 15.1. The van der Waals surface area contributed by atoms with Crippen molar-refractivity contribution in [3.05, 3.63) is 60.8 Å². The number of piperazine rings is 1. The number of amidine groups is 1. The highest BCUT2D eigenvalue weighted by Crippen LogP contribution is 2.11. The van der Waals surface area contributed by atoms with Gasteiger partial charge >= 0.3 is 0 Å². The number of nitrogens with zero attached hydrogens (tertiary/aromatic N) is 2. The highest BCUT2D eigenvalue weighted by atomic mass is 16.3. The van der Waals surface area contributed by atoms with E-state index in [0.717, 1.165) is 38.5 Å². The predicted molar refractivity (Wildman–Crippen MR) is 184 cm³/mol. The summed E-state index contributed by atoms with van der Waals surface area (Å²) in [7, 11) is 0. The molecule has 3 amide bonds. The number of aliphatic hydroxyl groups excluding tert-OH is 2. The van der Waals surface area contributed by atoms with E-state index in [2.05, 4.69) is 98.9 Å². The zero-order valence-corrected chi connectivity index (χ0v) is 27.8. The topological polar surface area (TPSA) is 165 Å². The van der Waals surface area contributed by atoms with Crippen LogP contribution in [0.3, 0.4) is 0 Å². The van der Waals surface area contributed by atoms with Crippen LogP contribution in [-0.4, -0.2) is 76.6 Å². The van der Waals surface area contributed by atoms with Gasteiger partial charge in [-0.3, -0.25) is 25.0 Å². The van der Waals surface area contributed by atoms with E-state index >= 15 is 0 Å². The fourth-order valence-corrected chi connectivity index (χ4v) is 4.80. The van der Waals surface area contributed by atoms with Crippen LogP contribution >= 0.6 is 0 Å². The molecule has 5 atom stereocenters. The molecule has 0 aliphatic carbocycles. The average Bonchev–Trinajstić information content (AvgIpc) is 3.01. The molecule has 2 aliphatic heterocycles. The summed E-state index contributed by atoms with van der Waals surface area (Å²) in [5.41, 5.74) is 0. The van der Waals surface area contributed by atoms with Crippen LogP contribution in [-0.2, 0) is 14.4 Å². The molecule has 2 heterocycles. The standard InChI is InChI=1S/C35H54N6O5/c1-5-6-7-8-9-10-11-12-13-14-15-16-17-18-19-20-21-22-29(43)37-27(23-25(2)3)33(45)40-35-39-32-30(34(46)41-35)38-28(24-36-32)31(44)26(4)42/h6-7,9-10,12-13,15-16,18-19,25-28,30-31,38,42,44H,5,8,11,14,17,20-24H2,1-4H3,(H,37,43)(H2,36,39,40,41,45,46)/b7-6-,10-9-,13-12-,16-15-,19-18-/t26-,27-,28+,30?,31-/m0/s1. The van der Waals surface area contributed by atoms with Crippen LogP contribution in [0.1, 0.15) is 85.5 Å². The molecule has 0 aromatic carbocycles. The van der Waals surface area contributed by atoms with Gasteiger partial charge in [0.15, 0.2) is 0 Å². The van der Waals surface area contributed by atoms with E-state index < -0.39 is 42.1 Å². The van der Waals surface area contributed by atoms with Crippen LogP contribution in [0.4, 0.5) is 0 Å². The number of aliphatic imine (C=N–C) groups is 2. The smallest absolute Gasteiger partial charge is 0.273 e. The second-order valence-corrected chi connectivity index (χ2v) is 11.9. The number of amides is 3. The van der Waals surface area contributed by atoms with Crippen molar-refractivity contribution in [2.24, 2.45) is 15.9 Å². The van der Waals surface area contributed by atoms with E-state index in [0.29, 0.717) is 12.8 Å². The normalized spacial score (nSPS) is 20.7. The molecule has 1 saturated heterocycles. The number of hydrogen-bond acceptors (Lipinski definition) is 8. The van der Waals surface area contributed by atoms with Crippen molar-refractivity contribution in [1.82, 2.24) is 21.3 Å². The van der Waals surface area contributed by atoms with E-state index in [1.807, 2.05) is 13.8 Å². The van der Waals surface area contributed by atoms with Gasteiger partial charge in [-0.05, 0) is 64.2 Å². The van der Waals surface area contributed by atoms with E-state index in [4.69, 9.17) is 0 Å². The second kappa shape index (κ2) is 22.0. The lowest BCUT2D eigenvalue weighted by molar-refractivity contribution is -0.128. The van der Waals surface area contributed by atoms with E-state index in [1.54, 1.807) is 0 Å². The molecule has 0 aromatic heterocycles. The minimum Gasteiger partial charge on any atom is -0.391 e. The van der Waals surface area contributed by atoms with Crippen molar-refractivity contribution in [2.45, 2.75) is 116 Å². The molecular formula is C35H54N6O5. The van der Waals surface area contributed by atoms with Crippen LogP contribution in [0.15, 0.2) is 70.7 Å². The first kappa shape index (κ1) is 38.5. The van der Waals surface area contributed by atoms with Gasteiger partial charge in [-0.25, -0.2) is 0 Å². The van der Waals surface area contributed by atoms with Crippen LogP contribution in [0.25, 0.3) is 0 Å². The summed E-state index contributed by atoms with van der Waals surface area (Å²) in [6.45, 7) is 7.73. The molecule has 2 rings (SSSR count). The third-order valence-corrected chi connectivity index (χ3v) is 7.28. The van der Waals surface area contributed by atoms with Crippen LogP contribution in [0.2, 0.25) is 0 Å². The first-order valence-electron chi connectivity index (χ1n) is 16.5. The zero-order valence-electron chi connectivity index (χ0n) is 27.8. The quantitative estimate of drug-likeness (QED) is 0.0931. The summed E-state index contributed by atoms with van der Waals surface area (Å²) in [6.07, 6.45) is 26.3. The predicted octanol–water partition coefficient (Wildman–Crippen LogP) is 3.52. The van der Waals surface area contributed by atoms with Crippen molar-refractivity contribution in [1.29, 1.82) is 0 Å². The Balaban J connectivity index is 1.72. The molecule has 254 valence electrons. The first-order chi connectivity index (χ1) is 22.1. The first-order valence-corrected chi connectivity index (χ1v) is 16.5. The molecule has 46 heavy (non-hydrogen) atoms. The molecule has 6 N–H and O–H groups in total. The van der Waals surface area contributed by atoms with Gasteiger partial charge in [0.25, 0.3) is 5.91 Å². The SMILES string of the molecule is CC/C=C\C/C=C\C/C=C\C/C=C\C/C=C\CCCC(=O)N[C@@H](CC(C)C)C(=O)NC1=NC(=O)C2N[C@@H]([C@@H](O)[C@H](C)O)CNC2=N1. The van der Waals surface area contributed by atoms with Crippen LogP contribution < -0.4 is 21.3 Å². The molecule has 0 aromatic rings. The minimum atomic E-state index is -1.08. The Hall–Kier alpha value is -3.67. The maximum absolute atomic E-state index is 13.1. The molecular weight excluding hydrogens is 584 g/mol. The number of nitrogens with one attached hydrogen (secondary N) is 4. The van der Waals surface area contributed by atoms with E-state index in [9.17, 15) is 24.6 Å². The number of guanidine groups is 1. The van der Waals surface area contributed by atoms with Gasteiger partial charge in [0, 0.05) is 13.0 Å². The largest absolute Gasteiger partial charge is 0.391 e. The van der Waals surface area contributed by atoms with Gasteiger partial charge < -0.3 is 20.8 Å². The van der Waals surface area contributed by atoms with Crippen LogP contribution in [0, 0.1) is 5.92 Å². The molecule has 0 saturated carbocycles. The molecule has 1 fully saturated rings. The van der Waals surface area contributed by atoms with E-state index in [-0.39, 0.29) is 36.6 Å². The van der Waals surface area contributed by atoms with Gasteiger partial charge in [-0.15, -0.1) is 0 Å². The molecule has 2 aliphatic rings. The summed E-state index contributed by atoms with van der Waals surface area (Å²) in [6, 6.07) is -2.30. The molecule has 0 radical (unpaired) electrons. The van der Waals surface area contributed by atoms with Crippen molar-refractivity contribution in [3.63, 3.8) is 0 Å². The number of hydrogen-bond donors (Lipinski definition) is 6. The summed E-state index contributed by atoms with van der Waals surface area (Å²) < 4.78 is 0. The van der Waals surface area contributed by atoms with Crippen molar-refractivity contribution < 1.29 is 24.6 Å². The Bertz CT molecular complexity index is 1180. The minimum absolute atomic E-state index is 0.129. The number of carbonyl (C=O) groups excluding carboxylic acids is 3. The Kier molecular flexibility index (Phi) is 18.4. The monoisotopic (exact) mass is 638 g/mol. The fraction of sp³-hybridized carbons (Fsp3) is 0.571. The lowest BCUT2D eigenvalue weighted by Crippen LogP contribution is -2.66. The number of carbonyl (C=O) groups is 3. The molecule has 0 spiro atoms. The third-order valence-electron chi connectivity index (χ3n) is 7.28. The number of unbranched alkanes of at least 4 members (excludes halogenated alkanes) is 1. The molecule has 0 bridgehead atoms. The fourth-order valence-electron chi connectivity index (χ4n) is 4.80. The van der Waals surface area contributed by atoms with Crippen molar-refractivity contribution in [2.75, 3.05) is 6.54 Å². The Labute approximate surface area is 274 Å². The molecule has 11 heteroatoms. The van der Waals surface area contributed by atoms with Gasteiger partial charge in [-0.1, -0.05) is 81.5 Å². The maximum atomic E-state index is 13.1. The van der Waals surface area contributed by atoms with Gasteiger partial charge in [0.2, 0.25) is 17.8 Å². The number of allylic oxidation sites excluding steroid dienone is 10. The summed E-state index contributed by atoms with van der Waals surface area (Å²) >= 11 is 0. The Morgan fingerprint density at radius 2 is 1.50 bits per heavy atom. The van der Waals surface area contributed by atoms with Crippen molar-refractivity contribution >= 4 is 29.5 Å². The van der Waals surface area contributed by atoms with Gasteiger partial charge in [0.05, 0.1) is 18.2 Å². The summed E-state index contributed by atoms with van der Waals surface area (Å²) in [5.74, 6) is -1.07. The molecule has 1 unspecified atom stereocenters. The average molecular weight is 639 g/mol. The summed E-state index contributed by atoms with van der Waals surface area (Å²) in [5, 5.41) is 31.1. The lowest BCUT2D eigenvalue weighted by Gasteiger charge is -2.36. The lowest BCUT2D eigenvalue weighted by atomic mass is 10.0. The summed E-state index contributed by atoms with van der Waals surface area (Å²) in [4.78, 5) is 46.6. The number of fused-ring (bicyclic) bond motifs is 1. The Morgan fingerprint density at radius 3 is 2.07 bits per heavy atom. The second-order valence-electron chi connectivity index (χ2n) is 11.9. The maximum Gasteiger partial charge on any atom is 0.273 e. The van der Waals surface area contributed by atoms with Crippen LogP contribution in [0.5, 0.6) is 0 Å².